The predicted octanol–water partition coefficient (Wildman–Crippen LogP) is 0.466. The molecule has 0 spiro atoms. The lowest BCUT2D eigenvalue weighted by Gasteiger charge is -2.02. The number of ether oxygens (including phenoxy) is 2. The van der Waals surface area contributed by atoms with Crippen molar-refractivity contribution in [2.24, 2.45) is 4.99 Å². The van der Waals surface area contributed by atoms with Gasteiger partial charge in [0.05, 0.1) is 13.7 Å². The monoisotopic (exact) mass is 170 g/mol. The van der Waals surface area contributed by atoms with Gasteiger partial charge < -0.3 is 9.47 Å². The van der Waals surface area contributed by atoms with Gasteiger partial charge in [-0.1, -0.05) is 6.92 Å². The number of hydrogen-bond donors (Lipinski definition) is 0. The summed E-state index contributed by atoms with van der Waals surface area (Å²) < 4.78 is 9.15. The molecule has 0 atom stereocenters. The van der Waals surface area contributed by atoms with E-state index in [-0.39, 0.29) is 5.90 Å². The van der Waals surface area contributed by atoms with Crippen LogP contribution in [0.5, 0.6) is 0 Å². The van der Waals surface area contributed by atoms with E-state index in [0.29, 0.717) is 6.61 Å². The maximum atomic E-state index is 10.8. The van der Waals surface area contributed by atoms with Crippen molar-refractivity contribution in [1.82, 2.24) is 0 Å². The molecule has 0 fully saturated rings. The number of rotatable bonds is 2. The molecule has 0 saturated carbocycles. The van der Waals surface area contributed by atoms with Crippen LogP contribution in [0.3, 0.4) is 0 Å². The number of hydrogen-bond acceptors (Lipinski definition) is 5. The summed E-state index contributed by atoms with van der Waals surface area (Å²) in [6, 6.07) is 0. The molecule has 0 amide bonds. The summed E-state index contributed by atoms with van der Waals surface area (Å²) in [5, 5.41) is 8.16. The molecule has 0 bridgehead atoms. The van der Waals surface area contributed by atoms with Gasteiger partial charge in [0.1, 0.15) is 0 Å². The first kappa shape index (κ1) is 10.4. The number of methoxy groups -OCH3 is 1. The average molecular weight is 170 g/mol. The Hall–Kier alpha value is -1.57. The van der Waals surface area contributed by atoms with E-state index >= 15 is 0 Å². The molecular formula is C7H10N2O3. The number of esters is 1. The minimum atomic E-state index is -0.731. The Morgan fingerprint density at radius 2 is 2.33 bits per heavy atom. The van der Waals surface area contributed by atoms with E-state index in [4.69, 9.17) is 10.00 Å². The summed E-state index contributed by atoms with van der Waals surface area (Å²) in [4.78, 5) is 13.9. The van der Waals surface area contributed by atoms with Gasteiger partial charge in [0.15, 0.2) is 0 Å². The van der Waals surface area contributed by atoms with Crippen LogP contribution in [-0.4, -0.2) is 25.6 Å². The number of carbonyl (C=O) groups is 1. The second-order valence-corrected chi connectivity index (χ2v) is 1.86. The highest BCUT2D eigenvalue weighted by Crippen LogP contribution is 1.88. The molecule has 5 heteroatoms. The molecule has 0 saturated heterocycles. The molecule has 0 aliphatic carbocycles. The number of nitrogens with zero attached hydrogens (tertiary/aromatic N) is 2. The summed E-state index contributed by atoms with van der Waals surface area (Å²) in [6.45, 7) is 2.22. The lowest BCUT2D eigenvalue weighted by molar-refractivity contribution is -0.134. The fraction of sp³-hybridized carbons (Fsp3) is 0.571. The molecule has 0 aromatic carbocycles. The molecule has 0 aliphatic heterocycles. The smallest absolute Gasteiger partial charge is 0.394 e. The molecule has 0 rings (SSSR count). The van der Waals surface area contributed by atoms with E-state index in [2.05, 4.69) is 9.73 Å². The van der Waals surface area contributed by atoms with E-state index in [1.807, 2.05) is 6.92 Å². The van der Waals surface area contributed by atoms with Gasteiger partial charge in [-0.25, -0.2) is 4.79 Å². The van der Waals surface area contributed by atoms with Crippen molar-refractivity contribution in [3.05, 3.63) is 0 Å². The van der Waals surface area contributed by atoms with Crippen LogP contribution in [0.1, 0.15) is 13.3 Å². The van der Waals surface area contributed by atoms with E-state index in [0.717, 1.165) is 6.42 Å². The van der Waals surface area contributed by atoms with Gasteiger partial charge in [0.2, 0.25) is 6.19 Å². The highest BCUT2D eigenvalue weighted by atomic mass is 16.6. The predicted molar refractivity (Wildman–Crippen MR) is 41.3 cm³/mol. The van der Waals surface area contributed by atoms with E-state index in [1.54, 1.807) is 0 Å². The Labute approximate surface area is 70.6 Å². The molecule has 0 heterocycles. The Kier molecular flexibility index (Phi) is 5.35. The number of nitriles is 1. The zero-order valence-corrected chi connectivity index (χ0v) is 7.03. The molecule has 0 aromatic rings. The first-order valence-electron chi connectivity index (χ1n) is 3.44. The van der Waals surface area contributed by atoms with Crippen molar-refractivity contribution in [2.45, 2.75) is 13.3 Å². The summed E-state index contributed by atoms with van der Waals surface area (Å²) in [6.07, 6.45) is 2.19. The Morgan fingerprint density at radius 3 is 2.75 bits per heavy atom. The topological polar surface area (TPSA) is 71.7 Å². The maximum Gasteiger partial charge on any atom is 0.394 e. The van der Waals surface area contributed by atoms with Gasteiger partial charge in [0.25, 0.3) is 0 Å². The third-order valence-corrected chi connectivity index (χ3v) is 0.954. The van der Waals surface area contributed by atoms with Gasteiger partial charge in [-0.15, -0.1) is 4.99 Å². The van der Waals surface area contributed by atoms with E-state index in [9.17, 15) is 4.79 Å². The molecule has 0 N–H and O–H groups in total. The minimum Gasteiger partial charge on any atom is -0.472 e. The summed E-state index contributed by atoms with van der Waals surface area (Å²) in [5.41, 5.74) is 0. The van der Waals surface area contributed by atoms with Crippen molar-refractivity contribution < 1.29 is 14.3 Å². The second kappa shape index (κ2) is 6.16. The van der Waals surface area contributed by atoms with Crippen LogP contribution in [0.25, 0.3) is 0 Å². The summed E-state index contributed by atoms with van der Waals surface area (Å²) in [7, 11) is 1.20. The molecule has 5 nitrogen and oxygen atoms in total. The summed E-state index contributed by atoms with van der Waals surface area (Å²) in [5.74, 6) is -1.02. The summed E-state index contributed by atoms with van der Waals surface area (Å²) >= 11 is 0. The third kappa shape index (κ3) is 3.56. The normalized spacial score (nSPS) is 10.2. The molecule has 66 valence electrons. The molecule has 0 aromatic heterocycles. The molecule has 0 aliphatic rings. The third-order valence-electron chi connectivity index (χ3n) is 0.954. The lowest BCUT2D eigenvalue weighted by Crippen LogP contribution is -2.19. The highest BCUT2D eigenvalue weighted by Gasteiger charge is 2.12. The maximum absolute atomic E-state index is 10.8. The first-order valence-corrected chi connectivity index (χ1v) is 3.44. The minimum absolute atomic E-state index is 0.290. The fourth-order valence-electron chi connectivity index (χ4n) is 0.468. The van der Waals surface area contributed by atoms with Crippen molar-refractivity contribution in [2.75, 3.05) is 13.7 Å². The van der Waals surface area contributed by atoms with Crippen molar-refractivity contribution >= 4 is 11.9 Å². The molecule has 12 heavy (non-hydrogen) atoms. The first-order chi connectivity index (χ1) is 5.76. The van der Waals surface area contributed by atoms with Gasteiger partial charge in [-0.2, -0.15) is 5.26 Å². The van der Waals surface area contributed by atoms with Crippen molar-refractivity contribution in [3.8, 4) is 6.19 Å². The highest BCUT2D eigenvalue weighted by molar-refractivity contribution is 6.32. The zero-order chi connectivity index (χ0) is 9.40. The van der Waals surface area contributed by atoms with Crippen LogP contribution in [0.2, 0.25) is 0 Å². The SMILES string of the molecule is CCCOC(=NC#N)C(=O)OC. The second-order valence-electron chi connectivity index (χ2n) is 1.86. The van der Waals surface area contributed by atoms with Gasteiger partial charge >= 0.3 is 11.9 Å². The van der Waals surface area contributed by atoms with Gasteiger partial charge in [-0.3, -0.25) is 0 Å². The largest absolute Gasteiger partial charge is 0.472 e. The van der Waals surface area contributed by atoms with Crippen LogP contribution >= 0.6 is 0 Å². The van der Waals surface area contributed by atoms with Crippen LogP contribution < -0.4 is 0 Å². The quantitative estimate of drug-likeness (QED) is 0.261. The Balaban J connectivity index is 4.16. The van der Waals surface area contributed by atoms with Gasteiger partial charge in [0, 0.05) is 0 Å². The Bertz CT molecular complexity index is 217. The van der Waals surface area contributed by atoms with Crippen LogP contribution in [-0.2, 0) is 14.3 Å². The van der Waals surface area contributed by atoms with Gasteiger partial charge in [-0.05, 0) is 6.42 Å². The van der Waals surface area contributed by atoms with Crippen LogP contribution in [0, 0.1) is 11.5 Å². The molecule has 0 radical (unpaired) electrons. The van der Waals surface area contributed by atoms with Crippen LogP contribution in [0.15, 0.2) is 4.99 Å². The van der Waals surface area contributed by atoms with E-state index < -0.39 is 5.97 Å². The number of carbonyl (C=O) groups excluding carboxylic acids is 1. The Morgan fingerprint density at radius 1 is 1.67 bits per heavy atom. The fourth-order valence-corrected chi connectivity index (χ4v) is 0.468. The molecular weight excluding hydrogens is 160 g/mol. The standard InChI is InChI=1S/C7H10N2O3/c1-3-4-12-6(9-5-8)7(10)11-2/h3-4H2,1-2H3. The van der Waals surface area contributed by atoms with E-state index in [1.165, 1.54) is 13.3 Å². The molecule has 0 unspecified atom stereocenters. The van der Waals surface area contributed by atoms with Crippen molar-refractivity contribution in [3.63, 3.8) is 0 Å². The zero-order valence-electron chi connectivity index (χ0n) is 7.03. The number of aliphatic imine (C=N–C) groups is 1. The van der Waals surface area contributed by atoms with Crippen LogP contribution in [0.4, 0.5) is 0 Å². The van der Waals surface area contributed by atoms with Crippen molar-refractivity contribution in [1.29, 1.82) is 5.26 Å². The average Bonchev–Trinajstić information content (AvgIpc) is 2.11. The lowest BCUT2D eigenvalue weighted by atomic mass is 10.5.